The maximum absolute atomic E-state index is 11.7. The zero-order valence-electron chi connectivity index (χ0n) is 13.5. The molecule has 124 valence electrons. The van der Waals surface area contributed by atoms with E-state index in [-0.39, 0.29) is 11.7 Å². The van der Waals surface area contributed by atoms with Crippen molar-refractivity contribution >= 4 is 29.3 Å². The molecule has 1 aromatic carbocycles. The largest absolute Gasteiger partial charge is 0.465 e. The summed E-state index contributed by atoms with van der Waals surface area (Å²) in [7, 11) is 0. The number of nitrogens with zero attached hydrogens (tertiary/aromatic N) is 3. The van der Waals surface area contributed by atoms with Crippen molar-refractivity contribution in [2.75, 3.05) is 12.4 Å². The molecule has 0 spiro atoms. The summed E-state index contributed by atoms with van der Waals surface area (Å²) < 4.78 is 7.00. The summed E-state index contributed by atoms with van der Waals surface area (Å²) in [4.78, 5) is 11.7. The van der Waals surface area contributed by atoms with Gasteiger partial charge in [-0.3, -0.25) is 9.36 Å². The van der Waals surface area contributed by atoms with Crippen molar-refractivity contribution < 1.29 is 9.53 Å². The fourth-order valence-corrected chi connectivity index (χ4v) is 2.71. The highest BCUT2D eigenvalue weighted by Crippen LogP contribution is 2.23. The van der Waals surface area contributed by atoms with E-state index in [9.17, 15) is 4.79 Å². The van der Waals surface area contributed by atoms with E-state index in [0.717, 1.165) is 17.7 Å². The lowest BCUT2D eigenvalue weighted by Gasteiger charge is -2.08. The lowest BCUT2D eigenvalue weighted by atomic mass is 10.1. The Morgan fingerprint density at radius 3 is 2.91 bits per heavy atom. The van der Waals surface area contributed by atoms with E-state index in [4.69, 9.17) is 16.3 Å². The Morgan fingerprint density at radius 2 is 2.22 bits per heavy atom. The Hall–Kier alpha value is -1.53. The number of rotatable bonds is 7. The molecule has 5 nitrogen and oxygen atoms in total. The molecule has 0 aliphatic carbocycles. The number of aryl methyl sites for hydroxylation is 1. The average molecular weight is 354 g/mol. The van der Waals surface area contributed by atoms with Gasteiger partial charge in [-0.2, -0.15) is 0 Å². The number of ether oxygens (including phenoxy) is 1. The van der Waals surface area contributed by atoms with E-state index in [1.165, 1.54) is 11.8 Å². The van der Waals surface area contributed by atoms with Crippen LogP contribution in [0.4, 0.5) is 0 Å². The molecular formula is C16H20ClN3O2S. The third-order valence-corrected chi connectivity index (χ3v) is 4.55. The molecule has 0 unspecified atom stereocenters. The van der Waals surface area contributed by atoms with Crippen molar-refractivity contribution in [2.45, 2.75) is 32.3 Å². The molecule has 0 aliphatic rings. The first-order valence-corrected chi connectivity index (χ1v) is 8.78. The van der Waals surface area contributed by atoms with Crippen molar-refractivity contribution in [1.29, 1.82) is 0 Å². The highest BCUT2D eigenvalue weighted by Gasteiger charge is 2.12. The molecule has 0 atom stereocenters. The first-order chi connectivity index (χ1) is 11.0. The highest BCUT2D eigenvalue weighted by molar-refractivity contribution is 7.99. The number of hydrogen-bond donors (Lipinski definition) is 0. The molecule has 0 radical (unpaired) electrons. The Morgan fingerprint density at radius 1 is 1.43 bits per heavy atom. The first kappa shape index (κ1) is 17.8. The number of aromatic nitrogens is 3. The van der Waals surface area contributed by atoms with Crippen LogP contribution in [0, 0.1) is 12.8 Å². The van der Waals surface area contributed by atoms with Crippen LogP contribution in [0.5, 0.6) is 0 Å². The molecule has 1 heterocycles. The van der Waals surface area contributed by atoms with Crippen molar-refractivity contribution in [3.63, 3.8) is 0 Å². The van der Waals surface area contributed by atoms with Crippen LogP contribution in [0.2, 0.25) is 5.02 Å². The molecule has 0 N–H and O–H groups in total. The minimum absolute atomic E-state index is 0.205. The molecule has 2 rings (SSSR count). The van der Waals surface area contributed by atoms with Crippen LogP contribution in [0.3, 0.4) is 0 Å². The van der Waals surface area contributed by atoms with E-state index >= 15 is 0 Å². The van der Waals surface area contributed by atoms with Gasteiger partial charge in [0, 0.05) is 5.02 Å². The van der Waals surface area contributed by atoms with Gasteiger partial charge in [-0.05, 0) is 37.0 Å². The molecule has 23 heavy (non-hydrogen) atoms. The zero-order valence-corrected chi connectivity index (χ0v) is 15.0. The number of thioether (sulfide) groups is 1. The maximum Gasteiger partial charge on any atom is 0.316 e. The van der Waals surface area contributed by atoms with Gasteiger partial charge in [-0.1, -0.05) is 43.3 Å². The third-order valence-electron chi connectivity index (χ3n) is 3.23. The van der Waals surface area contributed by atoms with Crippen LogP contribution in [-0.2, 0) is 9.53 Å². The van der Waals surface area contributed by atoms with Crippen molar-refractivity contribution in [2.24, 2.45) is 5.92 Å². The molecule has 2 aromatic rings. The topological polar surface area (TPSA) is 57.0 Å². The Bertz CT molecular complexity index is 673. The minimum Gasteiger partial charge on any atom is -0.465 e. The van der Waals surface area contributed by atoms with Gasteiger partial charge in [-0.15, -0.1) is 10.2 Å². The van der Waals surface area contributed by atoms with Gasteiger partial charge in [0.05, 0.1) is 18.0 Å². The second kappa shape index (κ2) is 8.36. The lowest BCUT2D eigenvalue weighted by molar-refractivity contribution is -0.140. The number of benzene rings is 1. The molecule has 0 aliphatic heterocycles. The predicted molar refractivity (Wildman–Crippen MR) is 92.2 cm³/mol. The summed E-state index contributed by atoms with van der Waals surface area (Å²) in [5.41, 5.74) is 1.87. The normalized spacial score (nSPS) is 11.0. The van der Waals surface area contributed by atoms with Gasteiger partial charge in [0.2, 0.25) is 0 Å². The van der Waals surface area contributed by atoms with Gasteiger partial charge in [-0.25, -0.2) is 0 Å². The fourth-order valence-electron chi connectivity index (χ4n) is 1.81. The van der Waals surface area contributed by atoms with Crippen molar-refractivity contribution in [3.8, 4) is 5.69 Å². The SMILES string of the molecule is Cc1ccc(-n2cnnc2SCC(=O)OCCC(C)C)cc1Cl. The van der Waals surface area contributed by atoms with Gasteiger partial charge in [0.25, 0.3) is 0 Å². The molecule has 0 bridgehead atoms. The third kappa shape index (κ3) is 5.25. The average Bonchev–Trinajstić information content (AvgIpc) is 2.96. The summed E-state index contributed by atoms with van der Waals surface area (Å²) in [6.07, 6.45) is 2.47. The second-order valence-electron chi connectivity index (χ2n) is 5.61. The Labute approximate surface area is 145 Å². The van der Waals surface area contributed by atoms with Gasteiger partial charge in [0.1, 0.15) is 6.33 Å². The van der Waals surface area contributed by atoms with Gasteiger partial charge in [0.15, 0.2) is 5.16 Å². The Balaban J connectivity index is 1.96. The first-order valence-electron chi connectivity index (χ1n) is 7.42. The summed E-state index contributed by atoms with van der Waals surface area (Å²) >= 11 is 7.46. The number of halogens is 1. The quantitative estimate of drug-likeness (QED) is 0.558. The Kier molecular flexibility index (Phi) is 6.47. The second-order valence-corrected chi connectivity index (χ2v) is 6.96. The molecule has 0 saturated carbocycles. The van der Waals surface area contributed by atoms with Gasteiger partial charge >= 0.3 is 5.97 Å². The smallest absolute Gasteiger partial charge is 0.316 e. The van der Waals surface area contributed by atoms with E-state index in [1.807, 2.05) is 25.1 Å². The van der Waals surface area contributed by atoms with Crippen molar-refractivity contribution in [3.05, 3.63) is 35.1 Å². The monoisotopic (exact) mass is 353 g/mol. The van der Waals surface area contributed by atoms with Crippen LogP contribution in [0.15, 0.2) is 29.7 Å². The molecule has 0 fully saturated rings. The number of carbonyl (C=O) groups excluding carboxylic acids is 1. The summed E-state index contributed by atoms with van der Waals surface area (Å²) in [5, 5.41) is 9.27. The van der Waals surface area contributed by atoms with Crippen LogP contribution in [0.25, 0.3) is 5.69 Å². The van der Waals surface area contributed by atoms with E-state index < -0.39 is 0 Å². The summed E-state index contributed by atoms with van der Waals surface area (Å²) in [5.74, 6) is 0.480. The minimum atomic E-state index is -0.243. The standard InChI is InChI=1S/C16H20ClN3O2S/c1-11(2)6-7-22-15(21)9-23-16-19-18-10-20(16)13-5-4-12(3)14(17)8-13/h4-5,8,10-11H,6-7,9H2,1-3H3. The number of carbonyl (C=O) groups is 1. The highest BCUT2D eigenvalue weighted by atomic mass is 35.5. The van der Waals surface area contributed by atoms with Crippen LogP contribution in [-0.4, -0.2) is 33.1 Å². The fraction of sp³-hybridized carbons (Fsp3) is 0.438. The van der Waals surface area contributed by atoms with E-state index in [0.29, 0.717) is 22.7 Å². The van der Waals surface area contributed by atoms with Crippen LogP contribution in [0.1, 0.15) is 25.8 Å². The van der Waals surface area contributed by atoms with E-state index in [2.05, 4.69) is 24.0 Å². The van der Waals surface area contributed by atoms with Crippen molar-refractivity contribution in [1.82, 2.24) is 14.8 Å². The zero-order chi connectivity index (χ0) is 16.8. The summed E-state index contributed by atoms with van der Waals surface area (Å²) in [6, 6.07) is 5.73. The molecule has 0 saturated heterocycles. The lowest BCUT2D eigenvalue weighted by Crippen LogP contribution is -2.10. The summed E-state index contributed by atoms with van der Waals surface area (Å²) in [6.45, 7) is 6.59. The molecule has 7 heteroatoms. The molecular weight excluding hydrogens is 334 g/mol. The molecule has 1 aromatic heterocycles. The van der Waals surface area contributed by atoms with Crippen LogP contribution < -0.4 is 0 Å². The van der Waals surface area contributed by atoms with Gasteiger partial charge < -0.3 is 4.74 Å². The number of hydrogen-bond acceptors (Lipinski definition) is 5. The maximum atomic E-state index is 11.7. The number of esters is 1. The van der Waals surface area contributed by atoms with Crippen LogP contribution >= 0.6 is 23.4 Å². The predicted octanol–water partition coefficient (Wildman–Crippen LogP) is 3.91. The molecule has 0 amide bonds. The van der Waals surface area contributed by atoms with E-state index in [1.54, 1.807) is 10.9 Å².